The summed E-state index contributed by atoms with van der Waals surface area (Å²) in [4.78, 5) is 0. The molecule has 0 spiro atoms. The zero-order valence-electron chi connectivity index (χ0n) is 15.3. The molecule has 0 amide bonds. The Morgan fingerprint density at radius 3 is 2.24 bits per heavy atom. The van der Waals surface area contributed by atoms with Crippen molar-refractivity contribution in [2.24, 2.45) is 5.73 Å². The third-order valence-corrected chi connectivity index (χ3v) is 4.49. The van der Waals surface area contributed by atoms with Crippen molar-refractivity contribution in [3.8, 4) is 5.75 Å². The quantitative estimate of drug-likeness (QED) is 0.605. The molecule has 3 nitrogen and oxygen atoms in total. The predicted octanol–water partition coefficient (Wildman–Crippen LogP) is 4.12. The number of unbranched alkanes of at least 4 members (excludes halogenated alkanes) is 2. The van der Waals surface area contributed by atoms with E-state index in [1.165, 1.54) is 24.0 Å². The number of hydrogen-bond donors (Lipinski definition) is 2. The first-order valence-corrected chi connectivity index (χ1v) is 9.24. The van der Waals surface area contributed by atoms with E-state index in [-0.39, 0.29) is 6.61 Å². The third-order valence-electron chi connectivity index (χ3n) is 4.49. The van der Waals surface area contributed by atoms with Crippen LogP contribution >= 0.6 is 0 Å². The van der Waals surface area contributed by atoms with Gasteiger partial charge in [0.2, 0.25) is 0 Å². The average molecular weight is 341 g/mol. The zero-order chi connectivity index (χ0) is 18.0. The second-order valence-corrected chi connectivity index (χ2v) is 7.10. The number of aliphatic hydroxyl groups is 1. The number of rotatable bonds is 11. The van der Waals surface area contributed by atoms with Crippen molar-refractivity contribution in [2.75, 3.05) is 13.2 Å². The van der Waals surface area contributed by atoms with Gasteiger partial charge in [-0.25, -0.2) is 0 Å². The molecule has 0 saturated heterocycles. The molecule has 0 aliphatic heterocycles. The third kappa shape index (κ3) is 7.72. The summed E-state index contributed by atoms with van der Waals surface area (Å²) in [6.45, 7) is 2.65. The molecule has 0 aliphatic rings. The lowest BCUT2D eigenvalue weighted by molar-refractivity contribution is 0.200. The summed E-state index contributed by atoms with van der Waals surface area (Å²) in [6.07, 6.45) is 6.25. The Morgan fingerprint density at radius 2 is 1.56 bits per heavy atom. The Balaban J connectivity index is 1.60. The largest absolute Gasteiger partial charge is 0.494 e. The van der Waals surface area contributed by atoms with E-state index in [9.17, 15) is 5.11 Å². The molecule has 2 aromatic rings. The van der Waals surface area contributed by atoms with Crippen molar-refractivity contribution < 1.29 is 9.84 Å². The van der Waals surface area contributed by atoms with Crippen LogP contribution in [0.5, 0.6) is 5.75 Å². The van der Waals surface area contributed by atoms with Crippen LogP contribution in [0, 0.1) is 0 Å². The van der Waals surface area contributed by atoms with Gasteiger partial charge in [0.05, 0.1) is 13.2 Å². The molecule has 0 saturated carbocycles. The van der Waals surface area contributed by atoms with Crippen LogP contribution in [0.1, 0.15) is 43.7 Å². The van der Waals surface area contributed by atoms with Gasteiger partial charge in [-0.1, -0.05) is 42.5 Å². The minimum Gasteiger partial charge on any atom is -0.494 e. The molecule has 0 aliphatic carbocycles. The number of benzene rings is 2. The number of nitrogens with two attached hydrogens (primary N) is 1. The molecule has 25 heavy (non-hydrogen) atoms. The van der Waals surface area contributed by atoms with E-state index in [0.717, 1.165) is 38.0 Å². The van der Waals surface area contributed by atoms with Crippen molar-refractivity contribution >= 4 is 0 Å². The monoisotopic (exact) mass is 341 g/mol. The van der Waals surface area contributed by atoms with E-state index < -0.39 is 5.54 Å². The van der Waals surface area contributed by atoms with E-state index in [4.69, 9.17) is 10.5 Å². The van der Waals surface area contributed by atoms with Crippen molar-refractivity contribution in [3.63, 3.8) is 0 Å². The molecule has 0 fully saturated rings. The van der Waals surface area contributed by atoms with E-state index >= 15 is 0 Å². The lowest BCUT2D eigenvalue weighted by atomic mass is 9.95. The smallest absolute Gasteiger partial charge is 0.119 e. The second kappa shape index (κ2) is 10.2. The summed E-state index contributed by atoms with van der Waals surface area (Å²) >= 11 is 0. The molecule has 0 heterocycles. The highest BCUT2D eigenvalue weighted by Crippen LogP contribution is 2.16. The maximum Gasteiger partial charge on any atom is 0.119 e. The van der Waals surface area contributed by atoms with Gasteiger partial charge in [0, 0.05) is 5.54 Å². The molecule has 3 N–H and O–H groups in total. The zero-order valence-corrected chi connectivity index (χ0v) is 15.3. The minimum absolute atomic E-state index is 0.0124. The first-order valence-electron chi connectivity index (χ1n) is 9.24. The summed E-state index contributed by atoms with van der Waals surface area (Å²) in [7, 11) is 0. The second-order valence-electron chi connectivity index (χ2n) is 7.10. The SMILES string of the molecule is C[C@](N)(CO)CCc1ccc(OCCCCCc2ccccc2)cc1. The fourth-order valence-corrected chi connectivity index (χ4v) is 2.70. The van der Waals surface area contributed by atoms with Gasteiger partial charge in [-0.2, -0.15) is 0 Å². The Hall–Kier alpha value is -1.84. The molecule has 0 unspecified atom stereocenters. The lowest BCUT2D eigenvalue weighted by Gasteiger charge is -2.21. The lowest BCUT2D eigenvalue weighted by Crippen LogP contribution is -2.40. The van der Waals surface area contributed by atoms with Gasteiger partial charge in [0.15, 0.2) is 0 Å². The van der Waals surface area contributed by atoms with Crippen LogP contribution in [0.3, 0.4) is 0 Å². The van der Waals surface area contributed by atoms with Crippen LogP contribution in [0.2, 0.25) is 0 Å². The van der Waals surface area contributed by atoms with Gasteiger partial charge < -0.3 is 15.6 Å². The van der Waals surface area contributed by atoms with E-state index in [2.05, 4.69) is 42.5 Å². The maximum atomic E-state index is 9.19. The number of aliphatic hydroxyl groups excluding tert-OH is 1. The molecule has 3 heteroatoms. The highest BCUT2D eigenvalue weighted by molar-refractivity contribution is 5.27. The van der Waals surface area contributed by atoms with Gasteiger partial charge in [-0.15, -0.1) is 0 Å². The van der Waals surface area contributed by atoms with Crippen molar-refractivity contribution in [1.82, 2.24) is 0 Å². The number of hydrogen-bond acceptors (Lipinski definition) is 3. The first kappa shape index (κ1) is 19.5. The van der Waals surface area contributed by atoms with E-state index in [0.29, 0.717) is 0 Å². The molecule has 2 aromatic carbocycles. The topological polar surface area (TPSA) is 55.5 Å². The van der Waals surface area contributed by atoms with E-state index in [1.54, 1.807) is 0 Å². The average Bonchev–Trinajstić information content (AvgIpc) is 2.65. The molecule has 0 bridgehead atoms. The normalized spacial score (nSPS) is 13.4. The molecule has 0 aromatic heterocycles. The van der Waals surface area contributed by atoms with Gasteiger partial charge in [0.25, 0.3) is 0 Å². The summed E-state index contributed by atoms with van der Waals surface area (Å²) in [5, 5.41) is 9.19. The standard InChI is InChI=1S/C22H31NO2/c1-22(23,18-24)16-15-20-11-13-21(14-12-20)25-17-7-3-6-10-19-8-4-2-5-9-19/h2,4-5,8-9,11-14,24H,3,6-7,10,15-18,23H2,1H3/t22-/m1/s1. The van der Waals surface area contributed by atoms with Crippen molar-refractivity contribution in [2.45, 2.75) is 51.0 Å². The molecule has 136 valence electrons. The van der Waals surface area contributed by atoms with Crippen molar-refractivity contribution in [3.05, 3.63) is 65.7 Å². The Morgan fingerprint density at radius 1 is 0.880 bits per heavy atom. The predicted molar refractivity (Wildman–Crippen MR) is 104 cm³/mol. The molecular formula is C22H31NO2. The van der Waals surface area contributed by atoms with Crippen LogP contribution < -0.4 is 10.5 Å². The molecular weight excluding hydrogens is 310 g/mol. The summed E-state index contributed by atoms with van der Waals surface area (Å²) in [5.41, 5.74) is 8.09. The Labute approximate surface area is 151 Å². The Bertz CT molecular complexity index is 593. The highest BCUT2D eigenvalue weighted by atomic mass is 16.5. The van der Waals surface area contributed by atoms with Crippen LogP contribution in [0.25, 0.3) is 0 Å². The van der Waals surface area contributed by atoms with Gasteiger partial charge in [-0.3, -0.25) is 0 Å². The molecule has 1 atom stereocenters. The van der Waals surface area contributed by atoms with E-state index in [1.807, 2.05) is 19.1 Å². The van der Waals surface area contributed by atoms with Gasteiger partial charge >= 0.3 is 0 Å². The molecule has 2 rings (SSSR count). The summed E-state index contributed by atoms with van der Waals surface area (Å²) in [6, 6.07) is 18.8. The molecule has 0 radical (unpaired) electrons. The van der Waals surface area contributed by atoms with Crippen LogP contribution in [0.4, 0.5) is 0 Å². The van der Waals surface area contributed by atoms with Crippen LogP contribution in [-0.4, -0.2) is 23.9 Å². The van der Waals surface area contributed by atoms with Crippen LogP contribution in [-0.2, 0) is 12.8 Å². The summed E-state index contributed by atoms with van der Waals surface area (Å²) in [5.74, 6) is 0.921. The van der Waals surface area contributed by atoms with Gasteiger partial charge in [-0.05, 0) is 68.7 Å². The fraction of sp³-hybridized carbons (Fsp3) is 0.455. The van der Waals surface area contributed by atoms with Gasteiger partial charge in [0.1, 0.15) is 5.75 Å². The summed E-state index contributed by atoms with van der Waals surface area (Å²) < 4.78 is 5.82. The first-order chi connectivity index (χ1) is 12.1. The number of ether oxygens (including phenoxy) is 1. The number of aryl methyl sites for hydroxylation is 2. The van der Waals surface area contributed by atoms with Crippen molar-refractivity contribution in [1.29, 1.82) is 0 Å². The minimum atomic E-state index is -0.505. The maximum absolute atomic E-state index is 9.19. The fourth-order valence-electron chi connectivity index (χ4n) is 2.70. The highest BCUT2D eigenvalue weighted by Gasteiger charge is 2.16. The van der Waals surface area contributed by atoms with Crippen LogP contribution in [0.15, 0.2) is 54.6 Å². The Kier molecular flexibility index (Phi) is 7.96.